The average Bonchev–Trinajstić information content (AvgIpc) is 2.58. The minimum Gasteiger partial charge on any atom is -0.307 e. The molecule has 1 nitrogen and oxygen atoms in total. The first-order valence-corrected chi connectivity index (χ1v) is 9.10. The first-order valence-electron chi connectivity index (χ1n) is 9.10. The van der Waals surface area contributed by atoms with Crippen molar-refractivity contribution >= 4 is 0 Å². The Balaban J connectivity index is 1.60. The fourth-order valence-corrected chi connectivity index (χ4v) is 3.60. The van der Waals surface area contributed by atoms with E-state index in [0.717, 1.165) is 12.5 Å². The van der Waals surface area contributed by atoms with Crippen LogP contribution in [0.1, 0.15) is 51.5 Å². The summed E-state index contributed by atoms with van der Waals surface area (Å²) in [7, 11) is 0. The van der Waals surface area contributed by atoms with Gasteiger partial charge < -0.3 is 5.32 Å². The third kappa shape index (κ3) is 4.03. The summed E-state index contributed by atoms with van der Waals surface area (Å²) in [4.78, 5) is 0. The molecule has 1 fully saturated rings. The van der Waals surface area contributed by atoms with Crippen LogP contribution in [0.2, 0.25) is 0 Å². The number of hydrogen-bond donors (Lipinski definition) is 1. The molecule has 0 amide bonds. The smallest absolute Gasteiger partial charge is 0.0210 e. The van der Waals surface area contributed by atoms with Gasteiger partial charge >= 0.3 is 0 Å². The quantitative estimate of drug-likeness (QED) is 0.681. The van der Waals surface area contributed by atoms with Crippen LogP contribution in [0.25, 0.3) is 11.1 Å². The van der Waals surface area contributed by atoms with Crippen LogP contribution in [0, 0.1) is 5.92 Å². The highest BCUT2D eigenvalue weighted by atomic mass is 15.0. The van der Waals surface area contributed by atoms with Gasteiger partial charge in [0.1, 0.15) is 0 Å². The summed E-state index contributed by atoms with van der Waals surface area (Å²) in [6, 6.07) is 19.6. The lowest BCUT2D eigenvalue weighted by atomic mass is 9.71. The second-order valence-electron chi connectivity index (χ2n) is 7.27. The summed E-state index contributed by atoms with van der Waals surface area (Å²) < 4.78 is 0. The van der Waals surface area contributed by atoms with Gasteiger partial charge in [-0.2, -0.15) is 0 Å². The van der Waals surface area contributed by atoms with Crippen molar-refractivity contribution in [3.63, 3.8) is 0 Å². The van der Waals surface area contributed by atoms with E-state index in [2.05, 4.69) is 73.8 Å². The van der Waals surface area contributed by atoms with Crippen molar-refractivity contribution in [2.75, 3.05) is 0 Å². The summed E-state index contributed by atoms with van der Waals surface area (Å²) >= 11 is 0. The highest BCUT2D eigenvalue weighted by Gasteiger charge is 2.36. The Morgan fingerprint density at radius 1 is 0.957 bits per heavy atom. The zero-order valence-electron chi connectivity index (χ0n) is 14.5. The lowest BCUT2D eigenvalue weighted by Gasteiger charge is -2.44. The van der Waals surface area contributed by atoms with Crippen molar-refractivity contribution in [3.05, 3.63) is 60.2 Å². The first-order chi connectivity index (χ1) is 11.2. The lowest BCUT2D eigenvalue weighted by molar-refractivity contribution is 0.143. The van der Waals surface area contributed by atoms with Crippen LogP contribution in [0.3, 0.4) is 0 Å². The molecule has 3 rings (SSSR count). The van der Waals surface area contributed by atoms with Gasteiger partial charge in [0.15, 0.2) is 0 Å². The topological polar surface area (TPSA) is 12.0 Å². The van der Waals surface area contributed by atoms with Crippen molar-refractivity contribution in [2.24, 2.45) is 5.92 Å². The molecule has 0 bridgehead atoms. The molecule has 1 atom stereocenters. The summed E-state index contributed by atoms with van der Waals surface area (Å²) in [6.07, 6.45) is 6.69. The monoisotopic (exact) mass is 307 g/mol. The van der Waals surface area contributed by atoms with E-state index in [1.807, 2.05) is 0 Å². The van der Waals surface area contributed by atoms with E-state index in [1.165, 1.54) is 48.8 Å². The molecule has 0 aromatic heterocycles. The van der Waals surface area contributed by atoms with Gasteiger partial charge in [-0.25, -0.2) is 0 Å². The van der Waals surface area contributed by atoms with Crippen molar-refractivity contribution in [2.45, 2.75) is 58.0 Å². The van der Waals surface area contributed by atoms with Crippen LogP contribution in [-0.4, -0.2) is 5.54 Å². The Kier molecular flexibility index (Phi) is 5.17. The van der Waals surface area contributed by atoms with Gasteiger partial charge in [0.25, 0.3) is 0 Å². The van der Waals surface area contributed by atoms with E-state index in [4.69, 9.17) is 0 Å². The van der Waals surface area contributed by atoms with Crippen LogP contribution >= 0.6 is 0 Å². The number of benzene rings is 2. The van der Waals surface area contributed by atoms with Crippen molar-refractivity contribution < 1.29 is 0 Å². The van der Waals surface area contributed by atoms with Gasteiger partial charge in [-0.1, -0.05) is 74.9 Å². The van der Waals surface area contributed by atoms with E-state index in [-0.39, 0.29) is 0 Å². The van der Waals surface area contributed by atoms with Gasteiger partial charge in [0.05, 0.1) is 0 Å². The SMILES string of the molecule is CCC(C)CC1(NCc2ccc(-c3ccccc3)cc2)CCC1. The van der Waals surface area contributed by atoms with E-state index >= 15 is 0 Å². The molecule has 23 heavy (non-hydrogen) atoms. The predicted octanol–water partition coefficient (Wildman–Crippen LogP) is 5.80. The molecule has 1 saturated carbocycles. The summed E-state index contributed by atoms with van der Waals surface area (Å²) in [6.45, 7) is 5.68. The van der Waals surface area contributed by atoms with Gasteiger partial charge in [-0.05, 0) is 48.3 Å². The predicted molar refractivity (Wildman–Crippen MR) is 99.4 cm³/mol. The zero-order valence-corrected chi connectivity index (χ0v) is 14.5. The lowest BCUT2D eigenvalue weighted by Crippen LogP contribution is -2.51. The molecule has 2 aromatic rings. The highest BCUT2D eigenvalue weighted by molar-refractivity contribution is 5.63. The van der Waals surface area contributed by atoms with Crippen LogP contribution in [0.5, 0.6) is 0 Å². The molecule has 1 aliphatic carbocycles. The Hall–Kier alpha value is -1.60. The second-order valence-corrected chi connectivity index (χ2v) is 7.27. The van der Waals surface area contributed by atoms with Crippen LogP contribution < -0.4 is 5.32 Å². The molecular formula is C22H29N. The maximum atomic E-state index is 3.87. The highest BCUT2D eigenvalue weighted by Crippen LogP contribution is 2.38. The third-order valence-corrected chi connectivity index (χ3v) is 5.48. The zero-order chi connectivity index (χ0) is 16.1. The summed E-state index contributed by atoms with van der Waals surface area (Å²) in [5, 5.41) is 3.87. The van der Waals surface area contributed by atoms with Gasteiger partial charge in [-0.3, -0.25) is 0 Å². The van der Waals surface area contributed by atoms with Gasteiger partial charge in [0.2, 0.25) is 0 Å². The van der Waals surface area contributed by atoms with Crippen molar-refractivity contribution in [1.29, 1.82) is 0 Å². The fraction of sp³-hybridized carbons (Fsp3) is 0.455. The molecule has 0 spiro atoms. The van der Waals surface area contributed by atoms with Crippen molar-refractivity contribution in [1.82, 2.24) is 5.32 Å². The average molecular weight is 307 g/mol. The van der Waals surface area contributed by atoms with Gasteiger partial charge in [-0.15, -0.1) is 0 Å². The van der Waals surface area contributed by atoms with E-state index in [9.17, 15) is 0 Å². The third-order valence-electron chi connectivity index (χ3n) is 5.48. The van der Waals surface area contributed by atoms with Crippen LogP contribution in [0.15, 0.2) is 54.6 Å². The number of nitrogens with one attached hydrogen (secondary N) is 1. The fourth-order valence-electron chi connectivity index (χ4n) is 3.60. The Labute approximate surface area is 141 Å². The van der Waals surface area contributed by atoms with Crippen LogP contribution in [-0.2, 0) is 6.54 Å². The molecule has 1 N–H and O–H groups in total. The van der Waals surface area contributed by atoms with E-state index < -0.39 is 0 Å². The second kappa shape index (κ2) is 7.31. The minimum atomic E-state index is 0.410. The van der Waals surface area contributed by atoms with Gasteiger partial charge in [0, 0.05) is 12.1 Å². The molecule has 122 valence electrons. The molecule has 1 unspecified atom stereocenters. The molecule has 0 aliphatic heterocycles. The normalized spacial score (nSPS) is 17.5. The Morgan fingerprint density at radius 3 is 2.17 bits per heavy atom. The number of hydrogen-bond acceptors (Lipinski definition) is 1. The molecular weight excluding hydrogens is 278 g/mol. The van der Waals surface area contributed by atoms with Crippen LogP contribution in [0.4, 0.5) is 0 Å². The molecule has 0 radical (unpaired) electrons. The standard InChI is InChI=1S/C22H29N/c1-3-18(2)16-22(14-7-15-22)23-17-19-10-12-21(13-11-19)20-8-5-4-6-9-20/h4-6,8-13,18,23H,3,7,14-17H2,1-2H3. The van der Waals surface area contributed by atoms with E-state index in [1.54, 1.807) is 0 Å². The first kappa shape index (κ1) is 16.3. The Morgan fingerprint density at radius 2 is 1.61 bits per heavy atom. The maximum absolute atomic E-state index is 3.87. The van der Waals surface area contributed by atoms with E-state index in [0.29, 0.717) is 5.54 Å². The largest absolute Gasteiger partial charge is 0.307 e. The summed E-state index contributed by atoms with van der Waals surface area (Å²) in [5.74, 6) is 0.822. The Bertz CT molecular complexity index is 596. The summed E-state index contributed by atoms with van der Waals surface area (Å²) in [5.41, 5.74) is 4.39. The molecule has 0 saturated heterocycles. The van der Waals surface area contributed by atoms with Crippen molar-refractivity contribution in [3.8, 4) is 11.1 Å². The number of rotatable bonds is 7. The molecule has 1 heteroatoms. The molecule has 1 aliphatic rings. The molecule has 0 heterocycles. The molecule has 2 aromatic carbocycles. The minimum absolute atomic E-state index is 0.410. The maximum Gasteiger partial charge on any atom is 0.0210 e.